The molecule has 8 heteroatoms. The minimum absolute atomic E-state index is 0.116. The van der Waals surface area contributed by atoms with Crippen LogP contribution >= 0.6 is 31.9 Å². The second-order valence-electron chi connectivity index (χ2n) is 10.0. The van der Waals surface area contributed by atoms with E-state index in [1.807, 2.05) is 36.4 Å². The van der Waals surface area contributed by atoms with Crippen molar-refractivity contribution >= 4 is 43.7 Å². The Balaban J connectivity index is 1.66. The van der Waals surface area contributed by atoms with Gasteiger partial charge in [-0.1, -0.05) is 97.1 Å². The van der Waals surface area contributed by atoms with Crippen molar-refractivity contribution in [1.82, 2.24) is 10.6 Å². The fourth-order valence-corrected chi connectivity index (χ4v) is 4.95. The van der Waals surface area contributed by atoms with Gasteiger partial charge in [0, 0.05) is 22.0 Å². The summed E-state index contributed by atoms with van der Waals surface area (Å²) in [5.41, 5.74) is 1.12. The molecule has 2 aromatic carbocycles. The standard InChI is InChI=1S/C32H46Br2N2O4/c1-3-5-7-13-21-39-29-17-15-25(33)23-27(29)31(37)35-19-11-9-10-12-20-36-32(38)28-24-26(34)16-18-30(28)40-22-14-8-6-4-2/h15-18,23-24H,3-14,19-22H2,1-2H3,(H,35,37)(H,36,38). The third-order valence-electron chi connectivity index (χ3n) is 6.56. The molecule has 2 rings (SSSR count). The Morgan fingerprint density at radius 3 is 1.40 bits per heavy atom. The summed E-state index contributed by atoms with van der Waals surface area (Å²) in [4.78, 5) is 25.6. The molecule has 2 amide bonds. The van der Waals surface area contributed by atoms with Crippen molar-refractivity contribution in [3.63, 3.8) is 0 Å². The van der Waals surface area contributed by atoms with Crippen LogP contribution < -0.4 is 20.1 Å². The summed E-state index contributed by atoms with van der Waals surface area (Å²) in [6.07, 6.45) is 12.7. The van der Waals surface area contributed by atoms with E-state index in [1.165, 1.54) is 25.7 Å². The van der Waals surface area contributed by atoms with Crippen LogP contribution in [0, 0.1) is 0 Å². The van der Waals surface area contributed by atoms with Crippen LogP contribution in [0.3, 0.4) is 0 Å². The lowest BCUT2D eigenvalue weighted by molar-refractivity contribution is 0.0938. The molecule has 0 unspecified atom stereocenters. The van der Waals surface area contributed by atoms with E-state index < -0.39 is 0 Å². The zero-order valence-electron chi connectivity index (χ0n) is 24.2. The number of rotatable bonds is 21. The zero-order chi connectivity index (χ0) is 29.0. The highest BCUT2D eigenvalue weighted by Gasteiger charge is 2.14. The highest BCUT2D eigenvalue weighted by atomic mass is 79.9. The van der Waals surface area contributed by atoms with Gasteiger partial charge in [0.15, 0.2) is 0 Å². The first kappa shape index (κ1) is 34.1. The maximum Gasteiger partial charge on any atom is 0.255 e. The first-order valence-electron chi connectivity index (χ1n) is 14.9. The topological polar surface area (TPSA) is 76.7 Å². The first-order chi connectivity index (χ1) is 19.5. The minimum atomic E-state index is -0.116. The van der Waals surface area contributed by atoms with Gasteiger partial charge in [0.05, 0.1) is 24.3 Å². The van der Waals surface area contributed by atoms with Gasteiger partial charge in [0.25, 0.3) is 11.8 Å². The summed E-state index contributed by atoms with van der Waals surface area (Å²) in [5, 5.41) is 6.04. The Bertz CT molecular complexity index is 950. The second-order valence-corrected chi connectivity index (χ2v) is 11.9. The number of nitrogens with one attached hydrogen (secondary N) is 2. The number of hydrogen-bond donors (Lipinski definition) is 2. The molecule has 0 aliphatic rings. The third-order valence-corrected chi connectivity index (χ3v) is 7.54. The van der Waals surface area contributed by atoms with Gasteiger partial charge in [-0.3, -0.25) is 9.59 Å². The monoisotopic (exact) mass is 680 g/mol. The number of carbonyl (C=O) groups excluding carboxylic acids is 2. The molecule has 0 atom stereocenters. The Labute approximate surface area is 257 Å². The fraction of sp³-hybridized carbons (Fsp3) is 0.562. The van der Waals surface area contributed by atoms with E-state index >= 15 is 0 Å². The molecule has 0 radical (unpaired) electrons. The average Bonchev–Trinajstić information content (AvgIpc) is 2.95. The van der Waals surface area contributed by atoms with Crippen molar-refractivity contribution in [3.05, 3.63) is 56.5 Å². The summed E-state index contributed by atoms with van der Waals surface area (Å²) in [5.74, 6) is 1.02. The molecule has 0 aromatic heterocycles. The van der Waals surface area contributed by atoms with E-state index in [9.17, 15) is 9.59 Å². The fourth-order valence-electron chi connectivity index (χ4n) is 4.23. The van der Waals surface area contributed by atoms with E-state index in [1.54, 1.807) is 0 Å². The zero-order valence-corrected chi connectivity index (χ0v) is 27.3. The summed E-state index contributed by atoms with van der Waals surface area (Å²) < 4.78 is 13.5. The molecular weight excluding hydrogens is 636 g/mol. The maximum atomic E-state index is 12.8. The van der Waals surface area contributed by atoms with E-state index in [0.29, 0.717) is 48.9 Å². The van der Waals surface area contributed by atoms with Crippen LogP contribution in [0.1, 0.15) is 112 Å². The van der Waals surface area contributed by atoms with Crippen molar-refractivity contribution in [2.45, 2.75) is 90.9 Å². The molecule has 0 aliphatic heterocycles. The molecule has 2 N–H and O–H groups in total. The number of hydrogen-bond acceptors (Lipinski definition) is 4. The van der Waals surface area contributed by atoms with Crippen molar-refractivity contribution in [2.24, 2.45) is 0 Å². The maximum absolute atomic E-state index is 12.8. The summed E-state index contributed by atoms with van der Waals surface area (Å²) in [6, 6.07) is 11.1. The molecule has 2 aromatic rings. The van der Waals surface area contributed by atoms with Gasteiger partial charge in [-0.25, -0.2) is 0 Å². The number of amides is 2. The van der Waals surface area contributed by atoms with Gasteiger partial charge in [0.2, 0.25) is 0 Å². The predicted molar refractivity (Wildman–Crippen MR) is 171 cm³/mol. The molecule has 0 spiro atoms. The quantitative estimate of drug-likeness (QED) is 0.129. The molecule has 0 bridgehead atoms. The van der Waals surface area contributed by atoms with Crippen LogP contribution in [-0.4, -0.2) is 38.1 Å². The Morgan fingerprint density at radius 2 is 1.00 bits per heavy atom. The minimum Gasteiger partial charge on any atom is -0.493 e. The van der Waals surface area contributed by atoms with Crippen molar-refractivity contribution < 1.29 is 19.1 Å². The molecule has 6 nitrogen and oxygen atoms in total. The normalized spacial score (nSPS) is 10.8. The summed E-state index contributed by atoms with van der Waals surface area (Å²) in [7, 11) is 0. The Morgan fingerprint density at radius 1 is 0.600 bits per heavy atom. The van der Waals surface area contributed by atoms with E-state index in [0.717, 1.165) is 60.3 Å². The third kappa shape index (κ3) is 13.5. The van der Waals surface area contributed by atoms with Gasteiger partial charge >= 0.3 is 0 Å². The van der Waals surface area contributed by atoms with Crippen LogP contribution in [0.5, 0.6) is 11.5 Å². The largest absolute Gasteiger partial charge is 0.493 e. The molecule has 0 saturated heterocycles. The van der Waals surface area contributed by atoms with E-state index in [-0.39, 0.29) is 11.8 Å². The Hall–Kier alpha value is -2.06. The molecule has 222 valence electrons. The van der Waals surface area contributed by atoms with Crippen LogP contribution in [0.25, 0.3) is 0 Å². The summed E-state index contributed by atoms with van der Waals surface area (Å²) in [6.45, 7) is 6.81. The highest BCUT2D eigenvalue weighted by Crippen LogP contribution is 2.25. The van der Waals surface area contributed by atoms with Gasteiger partial charge in [-0.05, 0) is 62.1 Å². The number of carbonyl (C=O) groups is 2. The smallest absolute Gasteiger partial charge is 0.255 e. The van der Waals surface area contributed by atoms with Crippen molar-refractivity contribution in [1.29, 1.82) is 0 Å². The van der Waals surface area contributed by atoms with Crippen molar-refractivity contribution in [3.8, 4) is 11.5 Å². The molecule has 0 fully saturated rings. The first-order valence-corrected chi connectivity index (χ1v) is 16.5. The number of halogens is 2. The van der Waals surface area contributed by atoms with Gasteiger partial charge in [-0.15, -0.1) is 0 Å². The molecule has 40 heavy (non-hydrogen) atoms. The summed E-state index contributed by atoms with van der Waals surface area (Å²) >= 11 is 6.92. The lowest BCUT2D eigenvalue weighted by Crippen LogP contribution is -2.26. The SMILES string of the molecule is CCCCCCOc1ccc(Br)cc1C(=O)NCCCCCCNC(=O)c1cc(Br)ccc1OCCCCCC. The van der Waals surface area contributed by atoms with Gasteiger partial charge in [0.1, 0.15) is 11.5 Å². The van der Waals surface area contributed by atoms with Gasteiger partial charge in [-0.2, -0.15) is 0 Å². The number of unbranched alkanes of at least 4 members (excludes halogenated alkanes) is 9. The number of ether oxygens (including phenoxy) is 2. The second kappa shape index (κ2) is 20.8. The van der Waals surface area contributed by atoms with Crippen LogP contribution in [-0.2, 0) is 0 Å². The predicted octanol–water partition coefficient (Wildman–Crippen LogP) is 8.85. The highest BCUT2D eigenvalue weighted by molar-refractivity contribution is 9.10. The van der Waals surface area contributed by atoms with Crippen molar-refractivity contribution in [2.75, 3.05) is 26.3 Å². The van der Waals surface area contributed by atoms with Crippen LogP contribution in [0.4, 0.5) is 0 Å². The number of benzene rings is 2. The molecule has 0 heterocycles. The Kier molecular flexibility index (Phi) is 17.7. The molecule has 0 aliphatic carbocycles. The van der Waals surface area contributed by atoms with Gasteiger partial charge < -0.3 is 20.1 Å². The average molecular weight is 683 g/mol. The lowest BCUT2D eigenvalue weighted by Gasteiger charge is -2.13. The van der Waals surface area contributed by atoms with E-state index in [2.05, 4.69) is 56.3 Å². The van der Waals surface area contributed by atoms with Crippen LogP contribution in [0.15, 0.2) is 45.3 Å². The lowest BCUT2D eigenvalue weighted by atomic mass is 10.1. The molecular formula is C32H46Br2N2O4. The van der Waals surface area contributed by atoms with E-state index in [4.69, 9.17) is 9.47 Å². The molecule has 0 saturated carbocycles. The van der Waals surface area contributed by atoms with Crippen LogP contribution in [0.2, 0.25) is 0 Å².